The fourth-order valence-corrected chi connectivity index (χ4v) is 4.32. The van der Waals surface area contributed by atoms with E-state index in [4.69, 9.17) is 4.74 Å². The highest BCUT2D eigenvalue weighted by Crippen LogP contribution is 2.22. The van der Waals surface area contributed by atoms with E-state index in [9.17, 15) is 8.42 Å². The molecule has 0 bridgehead atoms. The van der Waals surface area contributed by atoms with E-state index in [-0.39, 0.29) is 17.0 Å². The fraction of sp³-hybridized carbons (Fsp3) is 0.500. The summed E-state index contributed by atoms with van der Waals surface area (Å²) in [6.45, 7) is 2.55. The Hall–Kier alpha value is -0.430. The van der Waals surface area contributed by atoms with E-state index < -0.39 is 10.0 Å². The predicted octanol–water partition coefficient (Wildman–Crippen LogP) is 2.29. The maximum absolute atomic E-state index is 12.2. The SMILES string of the molecule is C[C@H](NS(=O)(=O)c1ccccc1Br)[C@@H]1CCCO1. The van der Waals surface area contributed by atoms with E-state index >= 15 is 0 Å². The Kier molecular flexibility index (Phi) is 4.42. The van der Waals surface area contributed by atoms with Crippen LogP contribution < -0.4 is 4.72 Å². The molecule has 2 rings (SSSR count). The number of benzene rings is 1. The van der Waals surface area contributed by atoms with Gasteiger partial charge in [0, 0.05) is 17.1 Å². The zero-order chi connectivity index (χ0) is 13.2. The molecular formula is C12H16BrNO3S. The topological polar surface area (TPSA) is 55.4 Å². The standard InChI is InChI=1S/C12H16BrNO3S/c1-9(11-6-4-8-17-11)14-18(15,16)12-7-3-2-5-10(12)13/h2-3,5,7,9,11,14H,4,6,8H2,1H3/t9-,11-/m0/s1. The third-order valence-corrected chi connectivity index (χ3v) is 5.56. The lowest BCUT2D eigenvalue weighted by Gasteiger charge is -2.20. The quantitative estimate of drug-likeness (QED) is 0.919. The van der Waals surface area contributed by atoms with Crippen molar-refractivity contribution in [2.75, 3.05) is 6.61 Å². The highest BCUT2D eigenvalue weighted by Gasteiger charge is 2.27. The van der Waals surface area contributed by atoms with Gasteiger partial charge < -0.3 is 4.74 Å². The van der Waals surface area contributed by atoms with Crippen molar-refractivity contribution in [3.05, 3.63) is 28.7 Å². The van der Waals surface area contributed by atoms with Gasteiger partial charge in [-0.3, -0.25) is 0 Å². The molecule has 1 saturated heterocycles. The van der Waals surface area contributed by atoms with Crippen LogP contribution in [0.1, 0.15) is 19.8 Å². The van der Waals surface area contributed by atoms with Crippen LogP contribution in [-0.2, 0) is 14.8 Å². The molecule has 2 atom stereocenters. The summed E-state index contributed by atoms with van der Waals surface area (Å²) in [7, 11) is -3.50. The molecule has 0 unspecified atom stereocenters. The van der Waals surface area contributed by atoms with Crippen LogP contribution in [0.2, 0.25) is 0 Å². The third kappa shape index (κ3) is 3.12. The average molecular weight is 334 g/mol. The Morgan fingerprint density at radius 3 is 2.78 bits per heavy atom. The molecule has 1 aliphatic heterocycles. The summed E-state index contributed by atoms with van der Waals surface area (Å²) >= 11 is 3.26. The number of rotatable bonds is 4. The van der Waals surface area contributed by atoms with E-state index in [2.05, 4.69) is 20.7 Å². The lowest BCUT2D eigenvalue weighted by molar-refractivity contribution is 0.0902. The van der Waals surface area contributed by atoms with Gasteiger partial charge >= 0.3 is 0 Å². The van der Waals surface area contributed by atoms with Gasteiger partial charge in [0.05, 0.1) is 11.0 Å². The normalized spacial score (nSPS) is 22.0. The van der Waals surface area contributed by atoms with Crippen molar-refractivity contribution in [3.8, 4) is 0 Å². The second-order valence-electron chi connectivity index (χ2n) is 4.39. The first kappa shape index (κ1) is 14.0. The van der Waals surface area contributed by atoms with Gasteiger partial charge in [-0.05, 0) is 47.8 Å². The number of hydrogen-bond donors (Lipinski definition) is 1. The monoisotopic (exact) mass is 333 g/mol. The van der Waals surface area contributed by atoms with Crippen LogP contribution in [0.3, 0.4) is 0 Å². The Morgan fingerprint density at radius 1 is 1.44 bits per heavy atom. The van der Waals surface area contributed by atoms with Crippen molar-refractivity contribution in [3.63, 3.8) is 0 Å². The molecule has 6 heteroatoms. The van der Waals surface area contributed by atoms with Gasteiger partial charge in [0.2, 0.25) is 10.0 Å². The van der Waals surface area contributed by atoms with Crippen LogP contribution in [0.5, 0.6) is 0 Å². The van der Waals surface area contributed by atoms with Gasteiger partial charge in [0.1, 0.15) is 0 Å². The first-order chi connectivity index (χ1) is 8.50. The first-order valence-electron chi connectivity index (χ1n) is 5.89. The predicted molar refractivity (Wildman–Crippen MR) is 72.9 cm³/mol. The summed E-state index contributed by atoms with van der Waals surface area (Å²) in [5.41, 5.74) is 0. The van der Waals surface area contributed by atoms with Crippen LogP contribution in [0.4, 0.5) is 0 Å². The number of hydrogen-bond acceptors (Lipinski definition) is 3. The molecule has 1 fully saturated rings. The minimum atomic E-state index is -3.50. The summed E-state index contributed by atoms with van der Waals surface area (Å²) in [4.78, 5) is 0.259. The molecular weight excluding hydrogens is 318 g/mol. The Balaban J connectivity index is 2.14. The smallest absolute Gasteiger partial charge is 0.242 e. The van der Waals surface area contributed by atoms with Crippen LogP contribution in [-0.4, -0.2) is 27.2 Å². The molecule has 0 amide bonds. The maximum atomic E-state index is 12.2. The van der Waals surface area contributed by atoms with Crippen LogP contribution in [0, 0.1) is 0 Å². The summed E-state index contributed by atoms with van der Waals surface area (Å²) in [6, 6.07) is 6.56. The van der Waals surface area contributed by atoms with E-state index in [1.54, 1.807) is 24.3 Å². The van der Waals surface area contributed by atoms with Gasteiger partial charge in [-0.15, -0.1) is 0 Å². The minimum Gasteiger partial charge on any atom is -0.377 e. The zero-order valence-electron chi connectivity index (χ0n) is 10.1. The van der Waals surface area contributed by atoms with Crippen LogP contribution in [0.25, 0.3) is 0 Å². The van der Waals surface area contributed by atoms with E-state index in [1.165, 1.54) is 0 Å². The number of halogens is 1. The molecule has 0 radical (unpaired) electrons. The number of nitrogens with one attached hydrogen (secondary N) is 1. The molecule has 4 nitrogen and oxygen atoms in total. The number of sulfonamides is 1. The highest BCUT2D eigenvalue weighted by molar-refractivity contribution is 9.10. The molecule has 18 heavy (non-hydrogen) atoms. The Morgan fingerprint density at radius 2 is 2.17 bits per heavy atom. The van der Waals surface area contributed by atoms with Crippen molar-refractivity contribution in [1.82, 2.24) is 4.72 Å². The Bertz CT molecular complexity index is 512. The lowest BCUT2D eigenvalue weighted by Crippen LogP contribution is -2.40. The van der Waals surface area contributed by atoms with Gasteiger partial charge in [0.15, 0.2) is 0 Å². The zero-order valence-corrected chi connectivity index (χ0v) is 12.5. The van der Waals surface area contributed by atoms with E-state index in [0.717, 1.165) is 12.8 Å². The van der Waals surface area contributed by atoms with Gasteiger partial charge in [-0.2, -0.15) is 0 Å². The second kappa shape index (κ2) is 5.69. The Labute approximate surface area is 116 Å². The van der Waals surface area contributed by atoms with Crippen molar-refractivity contribution in [1.29, 1.82) is 0 Å². The highest BCUT2D eigenvalue weighted by atomic mass is 79.9. The van der Waals surface area contributed by atoms with E-state index in [0.29, 0.717) is 11.1 Å². The van der Waals surface area contributed by atoms with Gasteiger partial charge in [-0.25, -0.2) is 13.1 Å². The van der Waals surface area contributed by atoms with Crippen molar-refractivity contribution < 1.29 is 13.2 Å². The molecule has 0 aliphatic carbocycles. The maximum Gasteiger partial charge on any atom is 0.242 e. The van der Waals surface area contributed by atoms with Crippen molar-refractivity contribution in [2.45, 2.75) is 36.8 Å². The van der Waals surface area contributed by atoms with Gasteiger partial charge in [0.25, 0.3) is 0 Å². The largest absolute Gasteiger partial charge is 0.377 e. The van der Waals surface area contributed by atoms with E-state index in [1.807, 2.05) is 6.92 Å². The minimum absolute atomic E-state index is 0.0257. The molecule has 0 aromatic heterocycles. The van der Waals surface area contributed by atoms with Crippen LogP contribution in [0.15, 0.2) is 33.6 Å². The molecule has 0 spiro atoms. The third-order valence-electron chi connectivity index (χ3n) is 2.99. The van der Waals surface area contributed by atoms with Crippen LogP contribution >= 0.6 is 15.9 Å². The molecule has 0 saturated carbocycles. The van der Waals surface area contributed by atoms with Crippen molar-refractivity contribution in [2.24, 2.45) is 0 Å². The fourth-order valence-electron chi connectivity index (χ4n) is 2.04. The summed E-state index contributed by atoms with van der Waals surface area (Å²) < 4.78 is 33.2. The molecule has 1 aromatic rings. The molecule has 1 aromatic carbocycles. The molecule has 100 valence electrons. The summed E-state index contributed by atoms with van der Waals surface area (Å²) in [5, 5.41) is 0. The van der Waals surface area contributed by atoms with Crippen molar-refractivity contribution >= 4 is 26.0 Å². The van der Waals surface area contributed by atoms with Gasteiger partial charge in [-0.1, -0.05) is 12.1 Å². The average Bonchev–Trinajstić information content (AvgIpc) is 2.82. The number of ether oxygens (including phenoxy) is 1. The summed E-state index contributed by atoms with van der Waals surface area (Å²) in [5.74, 6) is 0. The molecule has 1 heterocycles. The lowest BCUT2D eigenvalue weighted by atomic mass is 10.1. The second-order valence-corrected chi connectivity index (χ2v) is 6.93. The first-order valence-corrected chi connectivity index (χ1v) is 8.17. The molecule has 1 N–H and O–H groups in total. The summed E-state index contributed by atoms with van der Waals surface area (Å²) in [6.07, 6.45) is 1.87. The molecule has 1 aliphatic rings.